The molecule has 1 aromatic carbocycles. The van der Waals surface area contributed by atoms with Gasteiger partial charge < -0.3 is 15.0 Å². The van der Waals surface area contributed by atoms with Crippen LogP contribution in [0.15, 0.2) is 38.8 Å². The van der Waals surface area contributed by atoms with Crippen molar-refractivity contribution in [1.82, 2.24) is 9.97 Å². The van der Waals surface area contributed by atoms with Gasteiger partial charge in [-0.3, -0.25) is 19.8 Å². The second-order valence-electron chi connectivity index (χ2n) is 3.73. The number of benzene rings is 1. The average molecular weight is 274 g/mol. The number of aromatic nitrogens is 2. The van der Waals surface area contributed by atoms with Crippen LogP contribution in [0.3, 0.4) is 0 Å². The molecule has 0 unspecified atom stereocenters. The van der Waals surface area contributed by atoms with Crippen molar-refractivity contribution in [2.45, 2.75) is 0 Å². The molecule has 20 heavy (non-hydrogen) atoms. The van der Waals surface area contributed by atoms with Gasteiger partial charge in [0.05, 0.1) is 11.7 Å². The highest BCUT2D eigenvalue weighted by Gasteiger charge is 2.06. The lowest BCUT2D eigenvalue weighted by Crippen LogP contribution is -2.25. The van der Waals surface area contributed by atoms with Crippen LogP contribution in [0.25, 0.3) is 0 Å². The molecule has 0 aliphatic heterocycles. The van der Waals surface area contributed by atoms with Gasteiger partial charge in [0.25, 0.3) is 5.56 Å². The number of nitrogens with zero attached hydrogens (tertiary/aromatic N) is 1. The predicted molar refractivity (Wildman–Crippen MR) is 67.4 cm³/mol. The van der Waals surface area contributed by atoms with Gasteiger partial charge in [0.15, 0.2) is 0 Å². The molecule has 0 radical (unpaired) electrons. The van der Waals surface area contributed by atoms with Crippen LogP contribution >= 0.6 is 0 Å². The van der Waals surface area contributed by atoms with Gasteiger partial charge in [0.2, 0.25) is 5.88 Å². The van der Waals surface area contributed by atoms with Crippen molar-refractivity contribution in [3.05, 3.63) is 56.2 Å². The highest BCUT2D eigenvalue weighted by atomic mass is 16.4. The van der Waals surface area contributed by atoms with Crippen LogP contribution < -0.4 is 16.4 Å². The number of aromatic amines is 2. The summed E-state index contributed by atoms with van der Waals surface area (Å²) in [7, 11) is 0. The highest BCUT2D eigenvalue weighted by Crippen LogP contribution is 2.17. The standard InChI is InChI=1S/C12H9N3O5/c16-9-7(10(17)15-12(20)14-9)5-13-8-4-2-1-3-6(8)11(18)19/h1-5H,(H,18,19)(H3,14,15,16,17,20)/p-1. The number of carboxylic acids is 1. The van der Waals surface area contributed by atoms with Crippen molar-refractivity contribution in [3.63, 3.8) is 0 Å². The van der Waals surface area contributed by atoms with Crippen LogP contribution in [-0.2, 0) is 0 Å². The number of hydrogen-bond acceptors (Lipinski definition) is 6. The van der Waals surface area contributed by atoms with E-state index in [2.05, 4.69) is 4.99 Å². The molecule has 1 heterocycles. The molecule has 8 nitrogen and oxygen atoms in total. The molecule has 0 saturated heterocycles. The molecule has 2 aromatic rings. The third kappa shape index (κ3) is 2.64. The average Bonchev–Trinajstić information content (AvgIpc) is 2.37. The summed E-state index contributed by atoms with van der Waals surface area (Å²) in [5, 5.41) is 20.3. The van der Waals surface area contributed by atoms with Gasteiger partial charge in [-0.25, -0.2) is 4.79 Å². The smallest absolute Gasteiger partial charge is 0.328 e. The van der Waals surface area contributed by atoms with E-state index in [1.807, 2.05) is 9.97 Å². The zero-order valence-electron chi connectivity index (χ0n) is 9.91. The number of hydrogen-bond donors (Lipinski definition) is 3. The van der Waals surface area contributed by atoms with Crippen LogP contribution in [0.5, 0.6) is 5.88 Å². The molecular formula is C12H8N3O5-. The lowest BCUT2D eigenvalue weighted by molar-refractivity contribution is -0.254. The lowest BCUT2D eigenvalue weighted by Gasteiger charge is -2.05. The second-order valence-corrected chi connectivity index (χ2v) is 3.73. The predicted octanol–water partition coefficient (Wildman–Crippen LogP) is -1.12. The number of para-hydroxylation sites is 1. The molecule has 0 aliphatic carbocycles. The van der Waals surface area contributed by atoms with E-state index in [-0.39, 0.29) is 16.8 Å². The van der Waals surface area contributed by atoms with Crippen molar-refractivity contribution < 1.29 is 15.0 Å². The van der Waals surface area contributed by atoms with Crippen LogP contribution in [0.4, 0.5) is 5.69 Å². The minimum absolute atomic E-state index is 0.0532. The first-order valence-corrected chi connectivity index (χ1v) is 5.39. The molecule has 0 spiro atoms. The Morgan fingerprint density at radius 1 is 1.25 bits per heavy atom. The lowest BCUT2D eigenvalue weighted by atomic mass is 10.2. The Hall–Kier alpha value is -3.16. The van der Waals surface area contributed by atoms with Crippen LogP contribution in [0.2, 0.25) is 0 Å². The van der Waals surface area contributed by atoms with Crippen molar-refractivity contribution in [2.75, 3.05) is 0 Å². The van der Waals surface area contributed by atoms with E-state index in [9.17, 15) is 24.6 Å². The minimum atomic E-state index is -1.42. The zero-order valence-corrected chi connectivity index (χ0v) is 9.91. The maximum atomic E-state index is 11.4. The number of carbonyl (C=O) groups is 1. The molecule has 2 rings (SSSR count). The molecule has 1 aromatic heterocycles. The molecule has 102 valence electrons. The molecule has 0 amide bonds. The van der Waals surface area contributed by atoms with Crippen molar-refractivity contribution >= 4 is 17.9 Å². The largest absolute Gasteiger partial charge is 0.545 e. The maximum absolute atomic E-state index is 11.4. The molecular weight excluding hydrogens is 266 g/mol. The third-order valence-electron chi connectivity index (χ3n) is 2.42. The topological polar surface area (TPSA) is 138 Å². The summed E-state index contributed by atoms with van der Waals surface area (Å²) in [6.45, 7) is 0. The zero-order chi connectivity index (χ0) is 14.7. The van der Waals surface area contributed by atoms with Crippen LogP contribution in [0.1, 0.15) is 15.9 Å². The molecule has 0 aliphatic rings. The Bertz CT molecular complexity index is 803. The normalized spacial score (nSPS) is 10.8. The summed E-state index contributed by atoms with van der Waals surface area (Å²) in [5.41, 5.74) is -2.11. The van der Waals surface area contributed by atoms with E-state index in [1.54, 1.807) is 6.07 Å². The van der Waals surface area contributed by atoms with E-state index in [1.165, 1.54) is 18.2 Å². The molecule has 0 fully saturated rings. The van der Waals surface area contributed by atoms with Crippen LogP contribution in [0, 0.1) is 0 Å². The number of nitrogens with one attached hydrogen (secondary N) is 2. The summed E-state index contributed by atoms with van der Waals surface area (Å²) in [6.07, 6.45) is 0.950. The molecule has 8 heteroatoms. The Balaban J connectivity index is 2.48. The fraction of sp³-hybridized carbons (Fsp3) is 0. The molecule has 0 bridgehead atoms. The van der Waals surface area contributed by atoms with Crippen LogP contribution in [-0.4, -0.2) is 27.3 Å². The first-order chi connectivity index (χ1) is 9.49. The number of aromatic carboxylic acids is 1. The number of H-pyrrole nitrogens is 2. The first kappa shape index (κ1) is 13.3. The van der Waals surface area contributed by atoms with Crippen molar-refractivity contribution in [2.24, 2.45) is 4.99 Å². The number of aliphatic imine (C=N–C) groups is 1. The summed E-state index contributed by atoms with van der Waals surface area (Å²) in [4.78, 5) is 40.9. The monoisotopic (exact) mass is 274 g/mol. The van der Waals surface area contributed by atoms with E-state index >= 15 is 0 Å². The maximum Gasteiger partial charge on any atom is 0.328 e. The number of carbonyl (C=O) groups excluding carboxylic acids is 1. The summed E-state index contributed by atoms with van der Waals surface area (Å²) >= 11 is 0. The Kier molecular flexibility index (Phi) is 3.47. The Labute approximate surface area is 111 Å². The number of carboxylic acid groups (broad SMARTS) is 1. The first-order valence-electron chi connectivity index (χ1n) is 5.39. The molecule has 3 N–H and O–H groups in total. The Morgan fingerprint density at radius 3 is 2.60 bits per heavy atom. The van der Waals surface area contributed by atoms with Gasteiger partial charge in [-0.05, 0) is 6.07 Å². The second kappa shape index (κ2) is 5.22. The fourth-order valence-corrected chi connectivity index (χ4v) is 1.50. The SMILES string of the molecule is O=C([O-])c1ccccc1N=Cc1c(O)[nH]c(=O)[nH]c1=O. The Morgan fingerprint density at radius 2 is 1.95 bits per heavy atom. The van der Waals surface area contributed by atoms with Gasteiger partial charge in [-0.15, -0.1) is 0 Å². The number of aromatic hydroxyl groups is 1. The quantitative estimate of drug-likeness (QED) is 0.608. The van der Waals surface area contributed by atoms with Gasteiger partial charge in [-0.1, -0.05) is 18.2 Å². The molecule has 0 atom stereocenters. The van der Waals surface area contributed by atoms with E-state index in [0.29, 0.717) is 0 Å². The summed E-state index contributed by atoms with van der Waals surface area (Å²) in [5.74, 6) is -2.08. The van der Waals surface area contributed by atoms with E-state index in [4.69, 9.17) is 0 Å². The van der Waals surface area contributed by atoms with Crippen molar-refractivity contribution in [3.8, 4) is 5.88 Å². The minimum Gasteiger partial charge on any atom is -0.545 e. The van der Waals surface area contributed by atoms with Gasteiger partial charge in [0, 0.05) is 11.8 Å². The van der Waals surface area contributed by atoms with Crippen molar-refractivity contribution in [1.29, 1.82) is 0 Å². The third-order valence-corrected chi connectivity index (χ3v) is 2.42. The fourth-order valence-electron chi connectivity index (χ4n) is 1.50. The molecule has 0 saturated carbocycles. The van der Waals surface area contributed by atoms with Gasteiger partial charge >= 0.3 is 5.69 Å². The highest BCUT2D eigenvalue weighted by molar-refractivity contribution is 5.94. The van der Waals surface area contributed by atoms with Gasteiger partial charge in [0.1, 0.15) is 5.56 Å². The van der Waals surface area contributed by atoms with E-state index < -0.39 is 23.1 Å². The summed E-state index contributed by atoms with van der Waals surface area (Å²) < 4.78 is 0. The van der Waals surface area contributed by atoms with Gasteiger partial charge in [-0.2, -0.15) is 0 Å². The van der Waals surface area contributed by atoms with E-state index in [0.717, 1.165) is 6.21 Å². The number of rotatable bonds is 3. The summed E-state index contributed by atoms with van der Waals surface area (Å²) in [6, 6.07) is 5.74.